The van der Waals surface area contributed by atoms with E-state index >= 15 is 0 Å². The molecule has 4 heteroatoms. The molecule has 0 aliphatic rings. The Balaban J connectivity index is 2.20. The normalized spacial score (nSPS) is 11.0. The summed E-state index contributed by atoms with van der Waals surface area (Å²) in [5, 5.41) is 14.1. The van der Waals surface area contributed by atoms with Gasteiger partial charge in [0.1, 0.15) is 11.5 Å². The van der Waals surface area contributed by atoms with E-state index < -0.39 is 5.82 Å². The summed E-state index contributed by atoms with van der Waals surface area (Å²) in [5.41, 5.74) is 1.79. The van der Waals surface area contributed by atoms with Crippen LogP contribution >= 0.6 is 0 Å². The van der Waals surface area contributed by atoms with Crippen LogP contribution < -0.4 is 0 Å². The number of aliphatic hydroxyl groups excluding tert-OH is 1. The Labute approximate surface area is 103 Å². The average Bonchev–Trinajstić information content (AvgIpc) is 2.82. The summed E-state index contributed by atoms with van der Waals surface area (Å²) in [4.78, 5) is 0. The molecule has 3 nitrogen and oxygen atoms in total. The van der Waals surface area contributed by atoms with Crippen molar-refractivity contribution in [2.45, 2.75) is 6.61 Å². The molecule has 0 saturated carbocycles. The topological polar surface area (TPSA) is 38.0 Å². The molecule has 1 heterocycles. The maximum Gasteiger partial charge on any atom is 0.149 e. The van der Waals surface area contributed by atoms with Gasteiger partial charge in [-0.15, -0.1) is 0 Å². The third-order valence-electron chi connectivity index (χ3n) is 2.90. The van der Waals surface area contributed by atoms with Gasteiger partial charge in [0, 0.05) is 5.39 Å². The maximum absolute atomic E-state index is 14.0. The van der Waals surface area contributed by atoms with Crippen LogP contribution in [0.2, 0.25) is 0 Å². The molecule has 0 saturated heterocycles. The summed E-state index contributed by atoms with van der Waals surface area (Å²) in [5.74, 6) is -0.393. The highest BCUT2D eigenvalue weighted by molar-refractivity contribution is 5.80. The first-order valence-electron chi connectivity index (χ1n) is 5.62. The Hall–Kier alpha value is -2.20. The zero-order valence-electron chi connectivity index (χ0n) is 9.55. The molecule has 1 N–H and O–H groups in total. The lowest BCUT2D eigenvalue weighted by atomic mass is 10.2. The minimum absolute atomic E-state index is 0.170. The fourth-order valence-electron chi connectivity index (χ4n) is 1.98. The highest BCUT2D eigenvalue weighted by atomic mass is 19.1. The number of hydrogen-bond donors (Lipinski definition) is 1. The minimum atomic E-state index is -0.393. The molecule has 18 heavy (non-hydrogen) atoms. The highest BCUT2D eigenvalue weighted by Gasteiger charge is 2.09. The number of fused-ring (bicyclic) bond motifs is 1. The molecule has 0 bridgehead atoms. The van der Waals surface area contributed by atoms with Crippen molar-refractivity contribution in [3.05, 3.63) is 60.0 Å². The number of nitrogens with zero attached hydrogens (tertiary/aromatic N) is 2. The number of hydrogen-bond acceptors (Lipinski definition) is 2. The van der Waals surface area contributed by atoms with Crippen LogP contribution in [0.1, 0.15) is 5.56 Å². The van der Waals surface area contributed by atoms with Gasteiger partial charge < -0.3 is 5.11 Å². The molecule has 0 atom stereocenters. The Morgan fingerprint density at radius 2 is 2.00 bits per heavy atom. The maximum atomic E-state index is 14.0. The van der Waals surface area contributed by atoms with Crippen molar-refractivity contribution in [3.63, 3.8) is 0 Å². The molecule has 0 aliphatic heterocycles. The molecule has 90 valence electrons. The largest absolute Gasteiger partial charge is 0.392 e. The molecule has 3 aromatic rings. The van der Waals surface area contributed by atoms with Gasteiger partial charge in [0.05, 0.1) is 18.3 Å². The van der Waals surface area contributed by atoms with Crippen molar-refractivity contribution in [3.8, 4) is 5.69 Å². The fraction of sp³-hybridized carbons (Fsp3) is 0.0714. The number of aliphatic hydroxyl groups is 1. The van der Waals surface area contributed by atoms with Gasteiger partial charge in [-0.1, -0.05) is 24.3 Å². The second-order valence-electron chi connectivity index (χ2n) is 4.06. The van der Waals surface area contributed by atoms with Crippen LogP contribution in [-0.2, 0) is 6.61 Å². The molecule has 0 aliphatic carbocycles. The molecular weight excluding hydrogens is 231 g/mol. The van der Waals surface area contributed by atoms with Gasteiger partial charge in [-0.25, -0.2) is 9.07 Å². The Morgan fingerprint density at radius 1 is 1.17 bits per heavy atom. The SMILES string of the molecule is OCc1ccc(-n2ncc3ccccc32)c(F)c1. The third-order valence-corrected chi connectivity index (χ3v) is 2.90. The average molecular weight is 242 g/mol. The number of rotatable bonds is 2. The lowest BCUT2D eigenvalue weighted by Crippen LogP contribution is -2.00. The van der Waals surface area contributed by atoms with Gasteiger partial charge in [-0.2, -0.15) is 5.10 Å². The summed E-state index contributed by atoms with van der Waals surface area (Å²) in [7, 11) is 0. The Kier molecular flexibility index (Phi) is 2.57. The van der Waals surface area contributed by atoms with E-state index in [1.807, 2.05) is 24.3 Å². The lowest BCUT2D eigenvalue weighted by Gasteiger charge is -2.06. The number of halogens is 1. The second-order valence-corrected chi connectivity index (χ2v) is 4.06. The lowest BCUT2D eigenvalue weighted by molar-refractivity contribution is 0.281. The van der Waals surface area contributed by atoms with Gasteiger partial charge in [0.25, 0.3) is 0 Å². The molecule has 0 fully saturated rings. The predicted octanol–water partition coefficient (Wildman–Crippen LogP) is 2.66. The molecule has 0 unspecified atom stereocenters. The number of para-hydroxylation sites is 1. The molecule has 1 aromatic heterocycles. The zero-order valence-corrected chi connectivity index (χ0v) is 9.55. The van der Waals surface area contributed by atoms with Crippen molar-refractivity contribution in [2.75, 3.05) is 0 Å². The van der Waals surface area contributed by atoms with E-state index in [2.05, 4.69) is 5.10 Å². The van der Waals surface area contributed by atoms with Crippen LogP contribution in [0.15, 0.2) is 48.7 Å². The summed E-state index contributed by atoms with van der Waals surface area (Å²) < 4.78 is 15.5. The smallest absolute Gasteiger partial charge is 0.149 e. The van der Waals surface area contributed by atoms with Gasteiger partial charge >= 0.3 is 0 Å². The number of aromatic nitrogens is 2. The standard InChI is InChI=1S/C14H11FN2O/c15-12-7-10(9-18)5-6-14(12)17-13-4-2-1-3-11(13)8-16-17/h1-8,18H,9H2. The minimum Gasteiger partial charge on any atom is -0.392 e. The van der Waals surface area contributed by atoms with Crippen LogP contribution in [0.5, 0.6) is 0 Å². The molecular formula is C14H11FN2O. The molecule has 2 aromatic carbocycles. The monoisotopic (exact) mass is 242 g/mol. The van der Waals surface area contributed by atoms with Gasteiger partial charge in [0.15, 0.2) is 0 Å². The van der Waals surface area contributed by atoms with Crippen molar-refractivity contribution in [1.82, 2.24) is 9.78 Å². The third kappa shape index (κ3) is 1.67. The first-order chi connectivity index (χ1) is 8.79. The fourth-order valence-corrected chi connectivity index (χ4v) is 1.98. The first kappa shape index (κ1) is 10.9. The van der Waals surface area contributed by atoms with E-state index in [9.17, 15) is 4.39 Å². The predicted molar refractivity (Wildman–Crippen MR) is 67.0 cm³/mol. The van der Waals surface area contributed by atoms with Crippen molar-refractivity contribution in [2.24, 2.45) is 0 Å². The van der Waals surface area contributed by atoms with Crippen molar-refractivity contribution < 1.29 is 9.50 Å². The quantitative estimate of drug-likeness (QED) is 0.750. The molecule has 0 amide bonds. The van der Waals surface area contributed by atoms with Crippen LogP contribution in [0.3, 0.4) is 0 Å². The van der Waals surface area contributed by atoms with Gasteiger partial charge in [-0.05, 0) is 23.8 Å². The second kappa shape index (κ2) is 4.23. The summed E-state index contributed by atoms with van der Waals surface area (Å²) in [6, 6.07) is 12.3. The number of benzene rings is 2. The van der Waals surface area contributed by atoms with E-state index in [-0.39, 0.29) is 6.61 Å². The summed E-state index contributed by atoms with van der Waals surface area (Å²) in [6.45, 7) is -0.170. The Bertz CT molecular complexity index is 706. The molecule has 0 radical (unpaired) electrons. The zero-order chi connectivity index (χ0) is 12.5. The van der Waals surface area contributed by atoms with E-state index in [0.717, 1.165) is 10.9 Å². The van der Waals surface area contributed by atoms with Gasteiger partial charge in [-0.3, -0.25) is 0 Å². The van der Waals surface area contributed by atoms with E-state index in [0.29, 0.717) is 11.3 Å². The highest BCUT2D eigenvalue weighted by Crippen LogP contribution is 2.20. The van der Waals surface area contributed by atoms with Crippen LogP contribution in [0.4, 0.5) is 4.39 Å². The van der Waals surface area contributed by atoms with Crippen LogP contribution in [0.25, 0.3) is 16.6 Å². The molecule has 3 rings (SSSR count). The van der Waals surface area contributed by atoms with E-state index in [1.54, 1.807) is 23.0 Å². The Morgan fingerprint density at radius 3 is 2.78 bits per heavy atom. The van der Waals surface area contributed by atoms with Crippen molar-refractivity contribution >= 4 is 10.9 Å². The molecule has 0 spiro atoms. The van der Waals surface area contributed by atoms with Gasteiger partial charge in [0.2, 0.25) is 0 Å². The first-order valence-corrected chi connectivity index (χ1v) is 5.62. The van der Waals surface area contributed by atoms with E-state index in [1.165, 1.54) is 6.07 Å². The van der Waals surface area contributed by atoms with E-state index in [4.69, 9.17) is 5.11 Å². The van der Waals surface area contributed by atoms with Crippen LogP contribution in [-0.4, -0.2) is 14.9 Å². The summed E-state index contributed by atoms with van der Waals surface area (Å²) in [6.07, 6.45) is 1.70. The summed E-state index contributed by atoms with van der Waals surface area (Å²) >= 11 is 0. The van der Waals surface area contributed by atoms with Crippen molar-refractivity contribution in [1.29, 1.82) is 0 Å². The van der Waals surface area contributed by atoms with Crippen LogP contribution in [0, 0.1) is 5.82 Å².